The first kappa shape index (κ1) is 17.7. The summed E-state index contributed by atoms with van der Waals surface area (Å²) in [5.41, 5.74) is 11.9. The highest BCUT2D eigenvalue weighted by atomic mass is 16.5. The standard InChI is InChI=1S/C19H16N2O4/c20-17(22)11-5-13-1-7-15(8-2-13)19(24)25-16-9-3-14(4-10-16)6-12-18(21)23/h1-12H,(H2,20,22)(H2,21,23)/b11-5-,12-6-. The molecule has 0 aliphatic heterocycles. The number of nitrogens with two attached hydrogens (primary N) is 2. The highest BCUT2D eigenvalue weighted by Gasteiger charge is 2.08. The van der Waals surface area contributed by atoms with Gasteiger partial charge < -0.3 is 16.2 Å². The Kier molecular flexibility index (Phi) is 5.84. The van der Waals surface area contributed by atoms with Crippen LogP contribution >= 0.6 is 0 Å². The lowest BCUT2D eigenvalue weighted by molar-refractivity contribution is -0.114. The summed E-state index contributed by atoms with van der Waals surface area (Å²) in [7, 11) is 0. The van der Waals surface area contributed by atoms with E-state index in [2.05, 4.69) is 0 Å². The molecule has 0 aliphatic carbocycles. The number of hydrogen-bond donors (Lipinski definition) is 2. The highest BCUT2D eigenvalue weighted by Crippen LogP contribution is 2.16. The van der Waals surface area contributed by atoms with Gasteiger partial charge in [-0.05, 0) is 47.5 Å². The van der Waals surface area contributed by atoms with E-state index in [-0.39, 0.29) is 0 Å². The second-order valence-electron chi connectivity index (χ2n) is 5.05. The number of esters is 1. The Balaban J connectivity index is 2.01. The highest BCUT2D eigenvalue weighted by molar-refractivity contribution is 5.92. The first-order valence-corrected chi connectivity index (χ1v) is 7.31. The molecule has 0 aliphatic rings. The molecule has 0 fully saturated rings. The summed E-state index contributed by atoms with van der Waals surface area (Å²) < 4.78 is 5.27. The molecule has 6 heteroatoms. The topological polar surface area (TPSA) is 112 Å². The molecule has 4 N–H and O–H groups in total. The van der Waals surface area contributed by atoms with E-state index in [1.54, 1.807) is 60.7 Å². The molecule has 0 heterocycles. The van der Waals surface area contributed by atoms with Crippen molar-refractivity contribution in [2.45, 2.75) is 0 Å². The number of hydrogen-bond acceptors (Lipinski definition) is 4. The fourth-order valence-corrected chi connectivity index (χ4v) is 1.90. The molecule has 0 unspecified atom stereocenters. The van der Waals surface area contributed by atoms with Crippen LogP contribution in [0.5, 0.6) is 5.75 Å². The third kappa shape index (κ3) is 5.80. The average Bonchev–Trinajstić information content (AvgIpc) is 2.59. The zero-order valence-electron chi connectivity index (χ0n) is 13.2. The van der Waals surface area contributed by atoms with Crippen LogP contribution < -0.4 is 16.2 Å². The minimum absolute atomic E-state index is 0.369. The molecular weight excluding hydrogens is 320 g/mol. The van der Waals surface area contributed by atoms with Crippen molar-refractivity contribution in [3.8, 4) is 5.75 Å². The van der Waals surface area contributed by atoms with E-state index in [4.69, 9.17) is 16.2 Å². The first-order valence-electron chi connectivity index (χ1n) is 7.31. The minimum atomic E-state index is -0.544. The summed E-state index contributed by atoms with van der Waals surface area (Å²) in [4.78, 5) is 33.5. The third-order valence-corrected chi connectivity index (χ3v) is 3.12. The van der Waals surface area contributed by atoms with Gasteiger partial charge in [-0.1, -0.05) is 24.3 Å². The lowest BCUT2D eigenvalue weighted by Crippen LogP contribution is -2.08. The van der Waals surface area contributed by atoms with E-state index in [0.29, 0.717) is 11.3 Å². The number of amides is 2. The normalized spacial score (nSPS) is 10.9. The Labute approximate surface area is 144 Å². The van der Waals surface area contributed by atoms with Crippen LogP contribution in [-0.4, -0.2) is 17.8 Å². The summed E-state index contributed by atoms with van der Waals surface area (Å²) in [5, 5.41) is 0. The third-order valence-electron chi connectivity index (χ3n) is 3.12. The Hall–Kier alpha value is -3.67. The zero-order valence-corrected chi connectivity index (χ0v) is 13.2. The number of ether oxygens (including phenoxy) is 1. The zero-order chi connectivity index (χ0) is 18.2. The Morgan fingerprint density at radius 3 is 1.60 bits per heavy atom. The van der Waals surface area contributed by atoms with Crippen molar-refractivity contribution in [3.63, 3.8) is 0 Å². The van der Waals surface area contributed by atoms with Crippen molar-refractivity contribution in [1.29, 1.82) is 0 Å². The molecule has 0 aromatic heterocycles. The Morgan fingerprint density at radius 2 is 1.16 bits per heavy atom. The lowest BCUT2D eigenvalue weighted by Gasteiger charge is -2.05. The summed E-state index contributed by atoms with van der Waals surface area (Å²) in [6, 6.07) is 13.1. The smallest absolute Gasteiger partial charge is 0.343 e. The van der Waals surface area contributed by atoms with Crippen LogP contribution in [0.2, 0.25) is 0 Å². The molecule has 0 radical (unpaired) electrons. The number of carbonyl (C=O) groups excluding carboxylic acids is 3. The minimum Gasteiger partial charge on any atom is -0.423 e. The molecule has 2 aromatic carbocycles. The van der Waals surface area contributed by atoms with Gasteiger partial charge in [0.25, 0.3) is 0 Å². The largest absolute Gasteiger partial charge is 0.423 e. The monoisotopic (exact) mass is 336 g/mol. The molecule has 25 heavy (non-hydrogen) atoms. The molecule has 2 aromatic rings. The second kappa shape index (κ2) is 8.26. The Morgan fingerprint density at radius 1 is 0.720 bits per heavy atom. The summed E-state index contributed by atoms with van der Waals surface area (Å²) >= 11 is 0. The van der Waals surface area contributed by atoms with Gasteiger partial charge in [0.05, 0.1) is 5.56 Å². The van der Waals surface area contributed by atoms with Gasteiger partial charge in [-0.25, -0.2) is 4.79 Å². The van der Waals surface area contributed by atoms with Gasteiger partial charge in [0.2, 0.25) is 11.8 Å². The van der Waals surface area contributed by atoms with Crippen LogP contribution in [0.25, 0.3) is 12.2 Å². The van der Waals surface area contributed by atoms with Crippen LogP contribution in [0.1, 0.15) is 21.5 Å². The molecule has 6 nitrogen and oxygen atoms in total. The van der Waals surface area contributed by atoms with Gasteiger partial charge in [0.1, 0.15) is 5.75 Å². The van der Waals surface area contributed by atoms with E-state index in [1.807, 2.05) is 0 Å². The first-order chi connectivity index (χ1) is 11.9. The molecule has 0 saturated carbocycles. The molecule has 0 spiro atoms. The number of carbonyl (C=O) groups is 3. The molecule has 0 saturated heterocycles. The number of benzene rings is 2. The van der Waals surface area contributed by atoms with Crippen LogP contribution in [-0.2, 0) is 9.59 Å². The molecule has 0 bridgehead atoms. The fourth-order valence-electron chi connectivity index (χ4n) is 1.90. The van der Waals surface area contributed by atoms with Gasteiger partial charge in [-0.3, -0.25) is 9.59 Å². The van der Waals surface area contributed by atoms with Crippen molar-refractivity contribution in [1.82, 2.24) is 0 Å². The van der Waals surface area contributed by atoms with Crippen molar-refractivity contribution < 1.29 is 19.1 Å². The lowest BCUT2D eigenvalue weighted by atomic mass is 10.1. The maximum atomic E-state index is 12.1. The molecule has 2 rings (SSSR count). The van der Waals surface area contributed by atoms with Crippen LogP contribution in [0, 0.1) is 0 Å². The van der Waals surface area contributed by atoms with E-state index in [9.17, 15) is 14.4 Å². The Bertz CT molecular complexity index is 835. The summed E-state index contributed by atoms with van der Waals surface area (Å²) in [5.74, 6) is -1.22. The molecule has 2 amide bonds. The van der Waals surface area contributed by atoms with Gasteiger partial charge in [-0.2, -0.15) is 0 Å². The van der Waals surface area contributed by atoms with Crippen LogP contribution in [0.15, 0.2) is 60.7 Å². The van der Waals surface area contributed by atoms with Gasteiger partial charge >= 0.3 is 5.97 Å². The SMILES string of the molecule is NC(=O)/C=C\c1ccc(OC(=O)c2ccc(/C=C\C(N)=O)cc2)cc1. The number of primary amides is 2. The molecule has 0 atom stereocenters. The van der Waals surface area contributed by atoms with Crippen molar-refractivity contribution >= 4 is 29.9 Å². The maximum Gasteiger partial charge on any atom is 0.343 e. The predicted octanol–water partition coefficient (Wildman–Crippen LogP) is 1.90. The summed E-state index contributed by atoms with van der Waals surface area (Å²) in [6.07, 6.45) is 5.60. The van der Waals surface area contributed by atoms with Gasteiger partial charge in [0, 0.05) is 12.2 Å². The molecule has 126 valence electrons. The quantitative estimate of drug-likeness (QED) is 0.476. The van der Waals surface area contributed by atoms with E-state index < -0.39 is 17.8 Å². The van der Waals surface area contributed by atoms with Gasteiger partial charge in [0.15, 0.2) is 0 Å². The van der Waals surface area contributed by atoms with Crippen molar-refractivity contribution in [3.05, 3.63) is 77.4 Å². The van der Waals surface area contributed by atoms with Gasteiger partial charge in [-0.15, -0.1) is 0 Å². The summed E-state index contributed by atoms with van der Waals surface area (Å²) in [6.45, 7) is 0. The fraction of sp³-hybridized carbons (Fsp3) is 0. The van der Waals surface area contributed by atoms with Crippen molar-refractivity contribution in [2.24, 2.45) is 11.5 Å². The average molecular weight is 336 g/mol. The predicted molar refractivity (Wildman–Crippen MR) is 94.3 cm³/mol. The van der Waals surface area contributed by atoms with E-state index >= 15 is 0 Å². The van der Waals surface area contributed by atoms with Crippen molar-refractivity contribution in [2.75, 3.05) is 0 Å². The number of rotatable bonds is 6. The van der Waals surface area contributed by atoms with Crippen LogP contribution in [0.3, 0.4) is 0 Å². The van der Waals surface area contributed by atoms with E-state index in [1.165, 1.54) is 12.2 Å². The van der Waals surface area contributed by atoms with E-state index in [0.717, 1.165) is 11.1 Å². The maximum absolute atomic E-state index is 12.1. The second-order valence-corrected chi connectivity index (χ2v) is 5.05. The van der Waals surface area contributed by atoms with Crippen LogP contribution in [0.4, 0.5) is 0 Å². The molecular formula is C19H16N2O4.